The summed E-state index contributed by atoms with van der Waals surface area (Å²) in [5.41, 5.74) is 5.02. The first-order chi connectivity index (χ1) is 22.3. The molecule has 2 heterocycles. The van der Waals surface area contributed by atoms with Crippen LogP contribution in [0.2, 0.25) is 0 Å². The molecule has 0 amide bonds. The number of phenolic OH excluding ortho intramolecular Hbond substituents is 2. The molecule has 0 bridgehead atoms. The molecule has 2 aromatic rings. The molecular formula is C42H65N4O2+. The maximum absolute atomic E-state index is 11.5. The van der Waals surface area contributed by atoms with Crippen LogP contribution in [-0.2, 0) is 22.7 Å². The molecule has 2 aliphatic heterocycles. The summed E-state index contributed by atoms with van der Waals surface area (Å²) in [5, 5.41) is 22.7. The van der Waals surface area contributed by atoms with E-state index in [0.717, 1.165) is 48.2 Å². The number of aromatic hydroxyl groups is 2. The van der Waals surface area contributed by atoms with E-state index in [1.165, 1.54) is 56.3 Å². The Balaban J connectivity index is 1.51. The van der Waals surface area contributed by atoms with Crippen molar-refractivity contribution in [3.05, 3.63) is 57.6 Å². The van der Waals surface area contributed by atoms with Crippen molar-refractivity contribution in [2.24, 2.45) is 9.98 Å². The third kappa shape index (κ3) is 9.72. The summed E-state index contributed by atoms with van der Waals surface area (Å²) in [6.07, 6.45) is 11.9. The van der Waals surface area contributed by atoms with Gasteiger partial charge in [0.25, 0.3) is 0 Å². The number of amidine groups is 1. The quantitative estimate of drug-likeness (QED) is 0.209. The molecule has 0 atom stereocenters. The van der Waals surface area contributed by atoms with Gasteiger partial charge < -0.3 is 10.2 Å². The molecule has 264 valence electrons. The number of phenols is 2. The monoisotopic (exact) mass is 658 g/mol. The summed E-state index contributed by atoms with van der Waals surface area (Å²) in [6.45, 7) is 28.8. The van der Waals surface area contributed by atoms with Crippen molar-refractivity contribution in [1.82, 2.24) is 4.90 Å². The van der Waals surface area contributed by atoms with Gasteiger partial charge in [0, 0.05) is 42.0 Å². The summed E-state index contributed by atoms with van der Waals surface area (Å²) >= 11 is 0. The maximum atomic E-state index is 11.5. The van der Waals surface area contributed by atoms with Gasteiger partial charge in [-0.15, -0.1) is 0 Å². The van der Waals surface area contributed by atoms with Gasteiger partial charge in [0.2, 0.25) is 5.84 Å². The van der Waals surface area contributed by atoms with E-state index >= 15 is 0 Å². The number of aryl methyl sites for hydroxylation is 1. The highest BCUT2D eigenvalue weighted by molar-refractivity contribution is 5.86. The predicted molar refractivity (Wildman–Crippen MR) is 204 cm³/mol. The Hall–Kier alpha value is -3.15. The molecule has 0 radical (unpaired) electrons. The van der Waals surface area contributed by atoms with Crippen LogP contribution in [0, 0.1) is 0 Å². The molecule has 4 rings (SSSR count). The van der Waals surface area contributed by atoms with Gasteiger partial charge in [0.15, 0.2) is 0 Å². The second kappa shape index (κ2) is 14.8. The fourth-order valence-corrected chi connectivity index (χ4v) is 6.78. The number of hydrogen-bond donors (Lipinski definition) is 2. The lowest BCUT2D eigenvalue weighted by molar-refractivity contribution is -0.539. The Morgan fingerprint density at radius 3 is 2.00 bits per heavy atom. The zero-order valence-corrected chi connectivity index (χ0v) is 32.1. The SMILES string of the molecule is CC(C)(CN=Cc1cc(C(C)(C)C)cc(CCCN2CCC[N+]3=C2CCCCC3)c1O)N=Cc1cc(C(C)(C)C)cc(C(C)(C)C)c1O. The molecule has 2 aromatic carbocycles. The lowest BCUT2D eigenvalue weighted by atomic mass is 9.79. The topological polar surface area (TPSA) is 71.4 Å². The van der Waals surface area contributed by atoms with Crippen LogP contribution in [0.5, 0.6) is 11.5 Å². The normalized spacial score (nSPS) is 17.0. The van der Waals surface area contributed by atoms with Gasteiger partial charge in [0.1, 0.15) is 11.5 Å². The first-order valence-corrected chi connectivity index (χ1v) is 18.4. The predicted octanol–water partition coefficient (Wildman–Crippen LogP) is 8.93. The lowest BCUT2D eigenvalue weighted by Crippen LogP contribution is -2.44. The van der Waals surface area contributed by atoms with E-state index in [1.807, 2.05) is 6.21 Å². The van der Waals surface area contributed by atoms with Gasteiger partial charge in [-0.05, 0) is 91.0 Å². The number of benzene rings is 2. The van der Waals surface area contributed by atoms with Crippen LogP contribution >= 0.6 is 0 Å². The maximum Gasteiger partial charge on any atom is 0.246 e. The van der Waals surface area contributed by atoms with Gasteiger partial charge in [-0.1, -0.05) is 74.4 Å². The molecule has 0 saturated carbocycles. The average Bonchev–Trinajstić information content (AvgIpc) is 3.23. The number of aliphatic imine (C=N–C) groups is 2. The van der Waals surface area contributed by atoms with Crippen molar-refractivity contribution >= 4 is 18.3 Å². The molecule has 6 nitrogen and oxygen atoms in total. The van der Waals surface area contributed by atoms with E-state index in [4.69, 9.17) is 9.98 Å². The number of rotatable bonds is 9. The summed E-state index contributed by atoms with van der Waals surface area (Å²) in [4.78, 5) is 12.3. The summed E-state index contributed by atoms with van der Waals surface area (Å²) in [5.74, 6) is 2.19. The lowest BCUT2D eigenvalue weighted by Gasteiger charge is -2.27. The fourth-order valence-electron chi connectivity index (χ4n) is 6.78. The third-order valence-corrected chi connectivity index (χ3v) is 9.95. The van der Waals surface area contributed by atoms with E-state index in [0.29, 0.717) is 18.0 Å². The second-order valence-corrected chi connectivity index (χ2v) is 18.0. The molecule has 0 spiro atoms. The Labute approximate surface area is 292 Å². The number of nitrogens with zero attached hydrogens (tertiary/aromatic N) is 4. The summed E-state index contributed by atoms with van der Waals surface area (Å²) in [7, 11) is 0. The minimum Gasteiger partial charge on any atom is -0.507 e. The molecule has 2 N–H and O–H groups in total. The minimum atomic E-state index is -0.499. The van der Waals surface area contributed by atoms with Crippen LogP contribution in [0.1, 0.15) is 148 Å². The number of hydrogen-bond acceptors (Lipinski definition) is 5. The van der Waals surface area contributed by atoms with E-state index in [-0.39, 0.29) is 16.2 Å². The third-order valence-electron chi connectivity index (χ3n) is 9.95. The van der Waals surface area contributed by atoms with Crippen molar-refractivity contribution in [1.29, 1.82) is 0 Å². The molecular weight excluding hydrogens is 592 g/mol. The molecule has 6 heteroatoms. The Kier molecular flexibility index (Phi) is 11.6. The zero-order chi connectivity index (χ0) is 35.5. The minimum absolute atomic E-state index is 0.0479. The molecule has 48 heavy (non-hydrogen) atoms. The Morgan fingerprint density at radius 1 is 0.729 bits per heavy atom. The molecule has 0 saturated heterocycles. The molecule has 0 aromatic heterocycles. The summed E-state index contributed by atoms with van der Waals surface area (Å²) in [6, 6.07) is 8.48. The fraction of sp³-hybridized carbons (Fsp3) is 0.643. The van der Waals surface area contributed by atoms with Crippen molar-refractivity contribution in [3.8, 4) is 11.5 Å². The largest absolute Gasteiger partial charge is 0.507 e. The zero-order valence-electron chi connectivity index (χ0n) is 32.1. The van der Waals surface area contributed by atoms with Crippen LogP contribution in [0.25, 0.3) is 0 Å². The smallest absolute Gasteiger partial charge is 0.246 e. The van der Waals surface area contributed by atoms with Gasteiger partial charge in [-0.3, -0.25) is 19.5 Å². The standard InChI is InChI=1S/C42H64N4O2/c1-39(2,3)33-23-30(17-15-20-46-22-16-21-45-19-14-12-13-18-36(45)46)37(47)31(24-33)27-43-29-42(10,11)44-28-32-25-34(40(4,5)6)26-35(38(32)48)41(7,8)9/h23-28H,12-22,29H2,1-11H3,(H-,43,44,47,48)/p+1. The highest BCUT2D eigenvalue weighted by Crippen LogP contribution is 2.37. The highest BCUT2D eigenvalue weighted by Gasteiger charge is 2.29. The van der Waals surface area contributed by atoms with Crippen LogP contribution in [-0.4, -0.2) is 76.2 Å². The van der Waals surface area contributed by atoms with E-state index in [9.17, 15) is 10.2 Å². The summed E-state index contributed by atoms with van der Waals surface area (Å²) < 4.78 is 2.63. The van der Waals surface area contributed by atoms with Gasteiger partial charge in [-0.25, -0.2) is 0 Å². The van der Waals surface area contributed by atoms with E-state index in [1.54, 1.807) is 12.1 Å². The van der Waals surface area contributed by atoms with Crippen molar-refractivity contribution in [2.45, 2.75) is 143 Å². The van der Waals surface area contributed by atoms with Gasteiger partial charge in [-0.2, -0.15) is 0 Å². The van der Waals surface area contributed by atoms with E-state index in [2.05, 4.69) is 110 Å². The van der Waals surface area contributed by atoms with Crippen molar-refractivity contribution < 1.29 is 14.8 Å². The molecule has 2 aliphatic rings. The average molecular weight is 658 g/mol. The van der Waals surface area contributed by atoms with Crippen LogP contribution in [0.4, 0.5) is 0 Å². The van der Waals surface area contributed by atoms with Crippen LogP contribution in [0.3, 0.4) is 0 Å². The van der Waals surface area contributed by atoms with Crippen molar-refractivity contribution in [3.63, 3.8) is 0 Å². The molecule has 0 unspecified atom stereocenters. The Bertz CT molecular complexity index is 1530. The second-order valence-electron chi connectivity index (χ2n) is 18.0. The molecule has 0 fully saturated rings. The van der Waals surface area contributed by atoms with Gasteiger partial charge >= 0.3 is 0 Å². The molecule has 0 aliphatic carbocycles. The first kappa shape index (κ1) is 37.7. The van der Waals surface area contributed by atoms with Crippen molar-refractivity contribution in [2.75, 3.05) is 32.7 Å². The van der Waals surface area contributed by atoms with Crippen LogP contribution < -0.4 is 0 Å². The van der Waals surface area contributed by atoms with Crippen LogP contribution in [0.15, 0.2) is 34.3 Å². The highest BCUT2D eigenvalue weighted by atomic mass is 16.3. The first-order valence-electron chi connectivity index (χ1n) is 18.4. The Morgan fingerprint density at radius 2 is 1.35 bits per heavy atom. The van der Waals surface area contributed by atoms with E-state index < -0.39 is 5.54 Å². The van der Waals surface area contributed by atoms with Gasteiger partial charge in [0.05, 0.1) is 38.3 Å².